The topological polar surface area (TPSA) is 63.1 Å². The number of piperidine rings is 1. The molecule has 0 amide bonds. The molecule has 2 aromatic rings. The highest BCUT2D eigenvalue weighted by Gasteiger charge is 2.22. The van der Waals surface area contributed by atoms with Crippen LogP contribution in [-0.4, -0.2) is 33.7 Å². The van der Waals surface area contributed by atoms with Crippen molar-refractivity contribution in [1.29, 1.82) is 0 Å². The molecule has 1 aliphatic heterocycles. The second-order valence-electron chi connectivity index (χ2n) is 6.62. The number of anilines is 1. The second-order valence-corrected chi connectivity index (χ2v) is 7.77. The summed E-state index contributed by atoms with van der Waals surface area (Å²) in [5, 5.41) is 4.76. The summed E-state index contributed by atoms with van der Waals surface area (Å²) < 4.78 is 1.58. The SMILES string of the molecule is CC(C)c1cnc(CNC2CCN(c3nccn(C)c3=O)CC2)s1. The van der Waals surface area contributed by atoms with Crippen LogP contribution in [-0.2, 0) is 13.6 Å². The molecule has 2 aromatic heterocycles. The van der Waals surface area contributed by atoms with Gasteiger partial charge in [-0.05, 0) is 18.8 Å². The van der Waals surface area contributed by atoms with Crippen LogP contribution in [0.15, 0.2) is 23.4 Å². The molecular weight excluding hydrogens is 322 g/mol. The van der Waals surface area contributed by atoms with E-state index in [0.717, 1.165) is 37.5 Å². The van der Waals surface area contributed by atoms with Gasteiger partial charge in [0.15, 0.2) is 5.82 Å². The van der Waals surface area contributed by atoms with Crippen molar-refractivity contribution in [2.45, 2.75) is 45.2 Å². The van der Waals surface area contributed by atoms with Crippen molar-refractivity contribution in [2.24, 2.45) is 7.05 Å². The molecule has 0 spiro atoms. The van der Waals surface area contributed by atoms with E-state index in [0.29, 0.717) is 17.8 Å². The molecule has 0 bridgehead atoms. The van der Waals surface area contributed by atoms with Crippen LogP contribution in [0, 0.1) is 0 Å². The number of aromatic nitrogens is 3. The van der Waals surface area contributed by atoms with Gasteiger partial charge in [-0.15, -0.1) is 11.3 Å². The summed E-state index contributed by atoms with van der Waals surface area (Å²) in [6.45, 7) is 6.94. The summed E-state index contributed by atoms with van der Waals surface area (Å²) in [6.07, 6.45) is 7.41. The Hall–Kier alpha value is -1.73. The highest BCUT2D eigenvalue weighted by Crippen LogP contribution is 2.22. The van der Waals surface area contributed by atoms with Crippen LogP contribution in [0.25, 0.3) is 0 Å². The Bertz CT molecular complexity index is 731. The minimum Gasteiger partial charge on any atom is -0.352 e. The molecule has 0 unspecified atom stereocenters. The van der Waals surface area contributed by atoms with Crippen LogP contribution in [0.4, 0.5) is 5.82 Å². The molecular formula is C17H25N5OS. The predicted octanol–water partition coefficient (Wildman–Crippen LogP) is 2.12. The third kappa shape index (κ3) is 3.84. The zero-order valence-electron chi connectivity index (χ0n) is 14.5. The van der Waals surface area contributed by atoms with Crippen molar-refractivity contribution in [3.63, 3.8) is 0 Å². The average Bonchev–Trinajstić information content (AvgIpc) is 3.05. The monoisotopic (exact) mass is 347 g/mol. The summed E-state index contributed by atoms with van der Waals surface area (Å²) >= 11 is 1.79. The van der Waals surface area contributed by atoms with Gasteiger partial charge in [-0.1, -0.05) is 13.8 Å². The third-order valence-corrected chi connectivity index (χ3v) is 5.77. The van der Waals surface area contributed by atoms with Crippen molar-refractivity contribution in [3.05, 3.63) is 38.8 Å². The molecule has 0 saturated carbocycles. The molecule has 7 heteroatoms. The zero-order valence-corrected chi connectivity index (χ0v) is 15.3. The van der Waals surface area contributed by atoms with E-state index in [4.69, 9.17) is 0 Å². The first-order chi connectivity index (χ1) is 11.5. The van der Waals surface area contributed by atoms with Gasteiger partial charge < -0.3 is 14.8 Å². The van der Waals surface area contributed by atoms with Crippen LogP contribution in [0.3, 0.4) is 0 Å². The number of hydrogen-bond acceptors (Lipinski definition) is 6. The maximum Gasteiger partial charge on any atom is 0.293 e. The summed E-state index contributed by atoms with van der Waals surface area (Å²) in [6, 6.07) is 0.472. The Morgan fingerprint density at radius 3 is 2.75 bits per heavy atom. The Morgan fingerprint density at radius 1 is 1.33 bits per heavy atom. The van der Waals surface area contributed by atoms with Gasteiger partial charge in [-0.2, -0.15) is 0 Å². The first-order valence-corrected chi connectivity index (χ1v) is 9.31. The standard InChI is InChI=1S/C17H25N5OS/c1-12(2)14-10-20-15(24-14)11-19-13-4-7-22(8-5-13)16-17(23)21(3)9-6-18-16/h6,9-10,12-13,19H,4-5,7-8,11H2,1-3H3. The maximum absolute atomic E-state index is 12.2. The van der Waals surface area contributed by atoms with Crippen LogP contribution in [0.2, 0.25) is 0 Å². The van der Waals surface area contributed by atoms with Gasteiger partial charge >= 0.3 is 0 Å². The van der Waals surface area contributed by atoms with Crippen molar-refractivity contribution >= 4 is 17.2 Å². The first-order valence-electron chi connectivity index (χ1n) is 8.49. The molecule has 24 heavy (non-hydrogen) atoms. The van der Waals surface area contributed by atoms with Crippen molar-refractivity contribution in [3.8, 4) is 0 Å². The fourth-order valence-corrected chi connectivity index (χ4v) is 3.78. The molecule has 0 aliphatic carbocycles. The van der Waals surface area contributed by atoms with Crippen molar-refractivity contribution < 1.29 is 0 Å². The molecule has 1 N–H and O–H groups in total. The Balaban J connectivity index is 1.51. The predicted molar refractivity (Wildman–Crippen MR) is 97.8 cm³/mol. The maximum atomic E-state index is 12.2. The number of nitrogens with zero attached hydrogens (tertiary/aromatic N) is 4. The molecule has 3 rings (SSSR count). The number of rotatable bonds is 5. The summed E-state index contributed by atoms with van der Waals surface area (Å²) in [4.78, 5) is 24.4. The molecule has 3 heterocycles. The highest BCUT2D eigenvalue weighted by atomic mass is 32.1. The van der Waals surface area contributed by atoms with E-state index in [1.807, 2.05) is 6.20 Å². The lowest BCUT2D eigenvalue weighted by Crippen LogP contribution is -2.44. The average molecular weight is 347 g/mol. The van der Waals surface area contributed by atoms with Crippen molar-refractivity contribution in [2.75, 3.05) is 18.0 Å². The van der Waals surface area contributed by atoms with E-state index in [1.54, 1.807) is 35.3 Å². The molecule has 0 radical (unpaired) electrons. The minimum absolute atomic E-state index is 0.0205. The van der Waals surface area contributed by atoms with Gasteiger partial charge in [0.25, 0.3) is 5.56 Å². The quantitative estimate of drug-likeness (QED) is 0.898. The van der Waals surface area contributed by atoms with Gasteiger partial charge in [0.2, 0.25) is 0 Å². The van der Waals surface area contributed by atoms with E-state index in [1.165, 1.54) is 4.88 Å². The first kappa shape index (κ1) is 17.1. The lowest BCUT2D eigenvalue weighted by molar-refractivity contribution is 0.411. The molecule has 0 atom stereocenters. The molecule has 1 fully saturated rings. The second kappa shape index (κ2) is 7.44. The van der Waals surface area contributed by atoms with E-state index in [-0.39, 0.29) is 5.56 Å². The summed E-state index contributed by atoms with van der Waals surface area (Å²) in [7, 11) is 1.77. The van der Waals surface area contributed by atoms with Crippen LogP contribution in [0.1, 0.15) is 42.5 Å². The largest absolute Gasteiger partial charge is 0.352 e. The molecule has 1 saturated heterocycles. The Kier molecular flexibility index (Phi) is 5.30. The van der Waals surface area contributed by atoms with Crippen LogP contribution in [0.5, 0.6) is 0 Å². The summed E-state index contributed by atoms with van der Waals surface area (Å²) in [5.74, 6) is 1.11. The Morgan fingerprint density at radius 2 is 2.08 bits per heavy atom. The number of thiazole rings is 1. The lowest BCUT2D eigenvalue weighted by atomic mass is 10.1. The van der Waals surface area contributed by atoms with Gasteiger partial charge in [-0.3, -0.25) is 4.79 Å². The van der Waals surface area contributed by atoms with Crippen LogP contribution < -0.4 is 15.8 Å². The fraction of sp³-hybridized carbons (Fsp3) is 0.588. The van der Waals surface area contributed by atoms with Crippen LogP contribution >= 0.6 is 11.3 Å². The van der Waals surface area contributed by atoms with Gasteiger partial charge in [0.1, 0.15) is 5.01 Å². The molecule has 130 valence electrons. The molecule has 0 aromatic carbocycles. The van der Waals surface area contributed by atoms with Gasteiger partial charge in [0, 0.05) is 56.2 Å². The summed E-state index contributed by atoms with van der Waals surface area (Å²) in [5.41, 5.74) is -0.0205. The molecule has 6 nitrogen and oxygen atoms in total. The van der Waals surface area contributed by atoms with E-state index >= 15 is 0 Å². The smallest absolute Gasteiger partial charge is 0.293 e. The van der Waals surface area contributed by atoms with E-state index in [2.05, 4.69) is 34.0 Å². The van der Waals surface area contributed by atoms with Crippen molar-refractivity contribution in [1.82, 2.24) is 19.9 Å². The van der Waals surface area contributed by atoms with E-state index in [9.17, 15) is 4.79 Å². The normalized spacial score (nSPS) is 16.1. The number of aryl methyl sites for hydroxylation is 1. The zero-order chi connectivity index (χ0) is 17.1. The third-order valence-electron chi connectivity index (χ3n) is 4.48. The van der Waals surface area contributed by atoms with E-state index < -0.39 is 0 Å². The number of hydrogen-bond donors (Lipinski definition) is 1. The lowest BCUT2D eigenvalue weighted by Gasteiger charge is -2.32. The highest BCUT2D eigenvalue weighted by molar-refractivity contribution is 7.11. The Labute approximate surface area is 146 Å². The van der Waals surface area contributed by atoms with Gasteiger partial charge in [-0.25, -0.2) is 9.97 Å². The van der Waals surface area contributed by atoms with Gasteiger partial charge in [0.05, 0.1) is 0 Å². The molecule has 1 aliphatic rings. The minimum atomic E-state index is -0.0205. The fourth-order valence-electron chi connectivity index (χ4n) is 2.90. The number of nitrogens with one attached hydrogen (secondary N) is 1.